The van der Waals surface area contributed by atoms with E-state index < -0.39 is 41.0 Å². The van der Waals surface area contributed by atoms with Crippen molar-refractivity contribution < 1.29 is 33.7 Å². The summed E-state index contributed by atoms with van der Waals surface area (Å²) < 4.78 is 16.6. The van der Waals surface area contributed by atoms with Gasteiger partial charge in [0.25, 0.3) is 0 Å². The van der Waals surface area contributed by atoms with Gasteiger partial charge in [-0.1, -0.05) is 24.3 Å². The Hall–Kier alpha value is -4.37. The van der Waals surface area contributed by atoms with Gasteiger partial charge in [0.1, 0.15) is 11.7 Å². The Kier molecular flexibility index (Phi) is 9.15. The summed E-state index contributed by atoms with van der Waals surface area (Å²) in [4.78, 5) is 42.0. The minimum Gasteiger partial charge on any atom is -0.493 e. The molecule has 0 saturated heterocycles. The van der Waals surface area contributed by atoms with Crippen molar-refractivity contribution in [3.8, 4) is 17.2 Å². The SMILES string of the molecule is COc1cc(C2C(C(=O)Nc3cc(C)ccc3C)C(=O)CC(C)(O)C2C(=O)Nc2cc(C)ccc2C)cc(OC)c1OC. The summed E-state index contributed by atoms with van der Waals surface area (Å²) in [5.41, 5.74) is 3.31. The number of Topliss-reactive ketones (excluding diaryl/α,β-unsaturated/α-hetero) is 1. The lowest BCUT2D eigenvalue weighted by Gasteiger charge is -2.44. The average molecular weight is 589 g/mol. The van der Waals surface area contributed by atoms with Crippen LogP contribution in [0.1, 0.15) is 47.1 Å². The van der Waals surface area contributed by atoms with E-state index in [1.807, 2.05) is 64.1 Å². The predicted octanol–water partition coefficient (Wildman–Crippen LogP) is 5.26. The van der Waals surface area contributed by atoms with E-state index in [1.165, 1.54) is 28.3 Å². The molecule has 9 nitrogen and oxygen atoms in total. The molecule has 0 aliphatic heterocycles. The van der Waals surface area contributed by atoms with E-state index in [1.54, 1.807) is 12.1 Å². The van der Waals surface area contributed by atoms with Gasteiger partial charge in [0.15, 0.2) is 11.5 Å². The molecule has 9 heteroatoms. The molecular weight excluding hydrogens is 548 g/mol. The number of carbonyl (C=O) groups excluding carboxylic acids is 3. The molecule has 4 unspecified atom stereocenters. The fraction of sp³-hybridized carbons (Fsp3) is 0.382. The highest BCUT2D eigenvalue weighted by atomic mass is 16.5. The van der Waals surface area contributed by atoms with Gasteiger partial charge in [-0.05, 0) is 86.7 Å². The number of methoxy groups -OCH3 is 3. The fourth-order valence-corrected chi connectivity index (χ4v) is 5.95. The topological polar surface area (TPSA) is 123 Å². The third kappa shape index (κ3) is 6.37. The number of aliphatic hydroxyl groups is 1. The summed E-state index contributed by atoms with van der Waals surface area (Å²) >= 11 is 0. The maximum atomic E-state index is 14.2. The summed E-state index contributed by atoms with van der Waals surface area (Å²) in [6, 6.07) is 14.6. The zero-order valence-electron chi connectivity index (χ0n) is 26.0. The van der Waals surface area contributed by atoms with Crippen LogP contribution in [0.4, 0.5) is 11.4 Å². The van der Waals surface area contributed by atoms with E-state index in [0.29, 0.717) is 22.7 Å². The smallest absolute Gasteiger partial charge is 0.235 e. The molecule has 1 aliphatic carbocycles. The van der Waals surface area contributed by atoms with Gasteiger partial charge in [0.2, 0.25) is 17.6 Å². The number of benzene rings is 3. The molecule has 3 aromatic carbocycles. The third-order valence-corrected chi connectivity index (χ3v) is 8.21. The first-order valence-electron chi connectivity index (χ1n) is 14.1. The number of ether oxygens (including phenoxy) is 3. The van der Waals surface area contributed by atoms with Crippen LogP contribution in [-0.2, 0) is 14.4 Å². The quantitative estimate of drug-likeness (QED) is 0.307. The van der Waals surface area contributed by atoms with Crippen molar-refractivity contribution >= 4 is 29.0 Å². The summed E-state index contributed by atoms with van der Waals surface area (Å²) in [5.74, 6) is -4.28. The van der Waals surface area contributed by atoms with Crippen LogP contribution in [0.3, 0.4) is 0 Å². The number of rotatable bonds is 8. The zero-order chi connectivity index (χ0) is 31.6. The van der Waals surface area contributed by atoms with Gasteiger partial charge >= 0.3 is 0 Å². The molecule has 2 amide bonds. The second-order valence-electron chi connectivity index (χ2n) is 11.6. The van der Waals surface area contributed by atoms with Gasteiger partial charge in [0.05, 0.1) is 32.8 Å². The minimum atomic E-state index is -1.78. The summed E-state index contributed by atoms with van der Waals surface area (Å²) in [6.45, 7) is 9.01. The Morgan fingerprint density at radius 2 is 1.28 bits per heavy atom. The Labute approximate surface area is 252 Å². The van der Waals surface area contributed by atoms with E-state index in [0.717, 1.165) is 22.3 Å². The summed E-state index contributed by atoms with van der Waals surface area (Å²) in [7, 11) is 4.38. The molecule has 0 aromatic heterocycles. The average Bonchev–Trinajstić information content (AvgIpc) is 2.94. The van der Waals surface area contributed by atoms with Crippen molar-refractivity contribution in [3.63, 3.8) is 0 Å². The first kappa shape index (κ1) is 31.6. The Bertz CT molecular complexity index is 1540. The molecule has 3 aromatic rings. The van der Waals surface area contributed by atoms with Crippen LogP contribution < -0.4 is 24.8 Å². The van der Waals surface area contributed by atoms with E-state index in [-0.39, 0.29) is 17.9 Å². The van der Waals surface area contributed by atoms with Crippen molar-refractivity contribution in [1.82, 2.24) is 0 Å². The van der Waals surface area contributed by atoms with E-state index in [4.69, 9.17) is 14.2 Å². The highest BCUT2D eigenvalue weighted by Gasteiger charge is 2.56. The van der Waals surface area contributed by atoms with Gasteiger partial charge in [-0.3, -0.25) is 14.4 Å². The van der Waals surface area contributed by atoms with Crippen molar-refractivity contribution in [3.05, 3.63) is 76.3 Å². The van der Waals surface area contributed by atoms with Crippen LogP contribution in [-0.4, -0.2) is 49.6 Å². The van der Waals surface area contributed by atoms with Crippen molar-refractivity contribution in [1.29, 1.82) is 0 Å². The number of nitrogens with one attached hydrogen (secondary N) is 2. The lowest BCUT2D eigenvalue weighted by atomic mass is 9.61. The number of hydrogen-bond donors (Lipinski definition) is 3. The van der Waals surface area contributed by atoms with E-state index in [9.17, 15) is 19.5 Å². The van der Waals surface area contributed by atoms with Crippen LogP contribution in [0.15, 0.2) is 48.5 Å². The third-order valence-electron chi connectivity index (χ3n) is 8.21. The molecule has 4 atom stereocenters. The minimum absolute atomic E-state index is 0.289. The maximum Gasteiger partial charge on any atom is 0.235 e. The highest BCUT2D eigenvalue weighted by Crippen LogP contribution is 2.50. The first-order valence-corrected chi connectivity index (χ1v) is 14.1. The fourth-order valence-electron chi connectivity index (χ4n) is 5.95. The second-order valence-corrected chi connectivity index (χ2v) is 11.6. The molecule has 1 saturated carbocycles. The van der Waals surface area contributed by atoms with Crippen molar-refractivity contribution in [2.45, 2.75) is 52.6 Å². The first-order chi connectivity index (χ1) is 20.3. The monoisotopic (exact) mass is 588 g/mol. The number of ketones is 1. The number of aryl methyl sites for hydroxylation is 4. The molecule has 3 N–H and O–H groups in total. The summed E-state index contributed by atoms with van der Waals surface area (Å²) in [5, 5.41) is 17.6. The van der Waals surface area contributed by atoms with Gasteiger partial charge in [0, 0.05) is 23.7 Å². The molecule has 1 fully saturated rings. The zero-order valence-corrected chi connectivity index (χ0v) is 26.0. The van der Waals surface area contributed by atoms with Crippen LogP contribution in [0.2, 0.25) is 0 Å². The molecule has 43 heavy (non-hydrogen) atoms. The molecule has 4 rings (SSSR count). The Morgan fingerprint density at radius 1 is 0.791 bits per heavy atom. The lowest BCUT2D eigenvalue weighted by Crippen LogP contribution is -2.56. The summed E-state index contributed by atoms with van der Waals surface area (Å²) in [6.07, 6.45) is -0.385. The predicted molar refractivity (Wildman–Crippen MR) is 165 cm³/mol. The van der Waals surface area contributed by atoms with Gasteiger partial charge in [-0.15, -0.1) is 0 Å². The second kappa shape index (κ2) is 12.5. The van der Waals surface area contributed by atoms with Crippen LogP contribution in [0.25, 0.3) is 0 Å². The number of anilines is 2. The van der Waals surface area contributed by atoms with Crippen LogP contribution in [0.5, 0.6) is 17.2 Å². The molecule has 1 aliphatic rings. The maximum absolute atomic E-state index is 14.2. The standard InChI is InChI=1S/C34H40N2O7/c1-18-9-11-20(3)23(13-18)35-32(38)29-25(37)17-34(5,40)30(33(39)36-24-14-19(2)10-12-21(24)4)28(29)22-15-26(41-6)31(43-8)27(16-22)42-7/h9-16,28-30,40H,17H2,1-8H3,(H,35,38)(H,36,39). The number of hydrogen-bond acceptors (Lipinski definition) is 7. The highest BCUT2D eigenvalue weighted by molar-refractivity contribution is 6.10. The Balaban J connectivity index is 1.90. The van der Waals surface area contributed by atoms with E-state index >= 15 is 0 Å². The molecule has 0 radical (unpaired) electrons. The van der Waals surface area contributed by atoms with Gasteiger partial charge in [-0.2, -0.15) is 0 Å². The molecule has 228 valence electrons. The molecule has 0 bridgehead atoms. The van der Waals surface area contributed by atoms with Crippen molar-refractivity contribution in [2.75, 3.05) is 32.0 Å². The van der Waals surface area contributed by atoms with Gasteiger partial charge < -0.3 is 30.0 Å². The molecular formula is C34H40N2O7. The normalized spacial score (nSPS) is 21.6. The largest absolute Gasteiger partial charge is 0.493 e. The van der Waals surface area contributed by atoms with Crippen molar-refractivity contribution in [2.24, 2.45) is 11.8 Å². The van der Waals surface area contributed by atoms with Crippen LogP contribution in [0, 0.1) is 39.5 Å². The van der Waals surface area contributed by atoms with E-state index in [2.05, 4.69) is 10.6 Å². The van der Waals surface area contributed by atoms with Crippen LogP contribution >= 0.6 is 0 Å². The number of carbonyl (C=O) groups is 3. The molecule has 0 spiro atoms. The number of amides is 2. The lowest BCUT2D eigenvalue weighted by molar-refractivity contribution is -0.150. The molecule has 0 heterocycles. The Morgan fingerprint density at radius 3 is 1.74 bits per heavy atom. The van der Waals surface area contributed by atoms with Gasteiger partial charge in [-0.25, -0.2) is 0 Å².